The van der Waals surface area contributed by atoms with E-state index in [-0.39, 0.29) is 0 Å². The molecule has 0 aromatic heterocycles. The third-order valence-corrected chi connectivity index (χ3v) is 3.28. The van der Waals surface area contributed by atoms with Crippen LogP contribution in [0.5, 0.6) is 0 Å². The van der Waals surface area contributed by atoms with Crippen molar-refractivity contribution in [2.75, 3.05) is 0 Å². The van der Waals surface area contributed by atoms with Crippen LogP contribution in [0.15, 0.2) is 17.0 Å². The number of hydrogen-bond donors (Lipinski definition) is 1. The van der Waals surface area contributed by atoms with Gasteiger partial charge in [0.05, 0.1) is 0 Å². The lowest BCUT2D eigenvalue weighted by molar-refractivity contribution is 0.797. The zero-order valence-corrected chi connectivity index (χ0v) is 11.4. The summed E-state index contributed by atoms with van der Waals surface area (Å²) in [7, 11) is 2.78. The molecule has 78 valence electrons. The first-order valence-electron chi connectivity index (χ1n) is 5.05. The Hall–Kier alpha value is -0.0000000000000000555. The van der Waals surface area contributed by atoms with Gasteiger partial charge in [-0.05, 0) is 28.3 Å². The Morgan fingerprint density at radius 3 is 1.64 bits per heavy atom. The van der Waals surface area contributed by atoms with Crippen LogP contribution in [0.3, 0.4) is 0 Å². The minimum Gasteiger partial charge on any atom is -0.143 e. The molecule has 0 heterocycles. The molecule has 0 aliphatic carbocycles. The van der Waals surface area contributed by atoms with Gasteiger partial charge in [-0.25, -0.2) is 0 Å². The van der Waals surface area contributed by atoms with Crippen LogP contribution in [-0.4, -0.2) is 0 Å². The monoisotopic (exact) mass is 226 g/mol. The normalized spacial score (nSPS) is 11.4. The Kier molecular flexibility index (Phi) is 4.04. The molecule has 0 saturated carbocycles. The first-order chi connectivity index (χ1) is 6.43. The summed E-state index contributed by atoms with van der Waals surface area (Å²) in [6, 6.07) is 4.42. The molecule has 0 bridgehead atoms. The first kappa shape index (κ1) is 12.1. The van der Waals surface area contributed by atoms with Crippen molar-refractivity contribution in [3.05, 3.63) is 23.3 Å². The van der Waals surface area contributed by atoms with Gasteiger partial charge in [0, 0.05) is 4.90 Å². The summed E-state index contributed by atoms with van der Waals surface area (Å²) in [5.41, 5.74) is 2.70. The van der Waals surface area contributed by atoms with Crippen molar-refractivity contribution in [2.24, 2.45) is 0 Å². The van der Waals surface area contributed by atoms with Crippen LogP contribution in [0.2, 0.25) is 0 Å². The van der Waals surface area contributed by atoms with E-state index >= 15 is 0 Å². The van der Waals surface area contributed by atoms with Crippen LogP contribution in [0, 0.1) is 0 Å². The molecule has 1 aromatic rings. The van der Waals surface area contributed by atoms with Crippen LogP contribution < -0.4 is 5.30 Å². The SMILES string of the molecule is CC(C)c1cc(P)cc(C(C)C)c1S. The van der Waals surface area contributed by atoms with Gasteiger partial charge in [-0.1, -0.05) is 39.8 Å². The molecular weight excluding hydrogens is 207 g/mol. The van der Waals surface area contributed by atoms with E-state index in [0.29, 0.717) is 11.8 Å². The second kappa shape index (κ2) is 4.68. The zero-order valence-electron chi connectivity index (χ0n) is 9.33. The molecule has 1 unspecified atom stereocenters. The van der Waals surface area contributed by atoms with Gasteiger partial charge in [-0.2, -0.15) is 0 Å². The largest absolute Gasteiger partial charge is 0.143 e. The van der Waals surface area contributed by atoms with E-state index in [9.17, 15) is 0 Å². The van der Waals surface area contributed by atoms with Gasteiger partial charge in [0.25, 0.3) is 0 Å². The second-order valence-corrected chi connectivity index (χ2v) is 5.47. The summed E-state index contributed by atoms with van der Waals surface area (Å²) >= 11 is 4.63. The third-order valence-electron chi connectivity index (χ3n) is 2.44. The fourth-order valence-corrected chi connectivity index (χ4v) is 2.59. The van der Waals surface area contributed by atoms with E-state index in [0.717, 1.165) is 0 Å². The highest BCUT2D eigenvalue weighted by Gasteiger charge is 2.11. The van der Waals surface area contributed by atoms with Gasteiger partial charge in [0.2, 0.25) is 0 Å². The van der Waals surface area contributed by atoms with E-state index in [1.54, 1.807) is 0 Å². The van der Waals surface area contributed by atoms with E-state index in [4.69, 9.17) is 0 Å². The van der Waals surface area contributed by atoms with Crippen LogP contribution in [0.4, 0.5) is 0 Å². The van der Waals surface area contributed by atoms with Crippen molar-refractivity contribution in [1.29, 1.82) is 0 Å². The fourth-order valence-electron chi connectivity index (χ4n) is 1.58. The molecule has 0 spiro atoms. The molecule has 0 aliphatic rings. The molecule has 0 nitrogen and oxygen atoms in total. The lowest BCUT2D eigenvalue weighted by Gasteiger charge is -2.17. The summed E-state index contributed by atoms with van der Waals surface area (Å²) in [6.07, 6.45) is 0. The Balaban J connectivity index is 3.32. The van der Waals surface area contributed by atoms with Gasteiger partial charge in [-0.3, -0.25) is 0 Å². The fraction of sp³-hybridized carbons (Fsp3) is 0.500. The van der Waals surface area contributed by atoms with Crippen LogP contribution in [0.25, 0.3) is 0 Å². The highest BCUT2D eigenvalue weighted by Crippen LogP contribution is 2.30. The van der Waals surface area contributed by atoms with E-state index in [1.165, 1.54) is 21.3 Å². The van der Waals surface area contributed by atoms with Crippen molar-refractivity contribution in [3.63, 3.8) is 0 Å². The Morgan fingerprint density at radius 2 is 1.36 bits per heavy atom. The Labute approximate surface area is 95.1 Å². The summed E-state index contributed by atoms with van der Waals surface area (Å²) in [4.78, 5) is 1.17. The molecule has 0 N–H and O–H groups in total. The predicted molar refractivity (Wildman–Crippen MR) is 71.2 cm³/mol. The van der Waals surface area contributed by atoms with Crippen molar-refractivity contribution < 1.29 is 0 Å². The standard InChI is InChI=1S/C12H19PS/c1-7(2)10-5-9(13)6-11(8(3)4)12(10)14/h5-8,14H,13H2,1-4H3. The maximum atomic E-state index is 4.63. The van der Waals surface area contributed by atoms with Crippen LogP contribution in [-0.2, 0) is 0 Å². The first-order valence-corrected chi connectivity index (χ1v) is 6.08. The summed E-state index contributed by atoms with van der Waals surface area (Å²) in [6.45, 7) is 8.85. The van der Waals surface area contributed by atoms with Crippen molar-refractivity contribution >= 4 is 27.2 Å². The minimum absolute atomic E-state index is 0.542. The molecule has 0 aliphatic heterocycles. The van der Waals surface area contributed by atoms with Crippen molar-refractivity contribution in [1.82, 2.24) is 0 Å². The molecule has 0 amide bonds. The molecule has 2 heteroatoms. The average molecular weight is 226 g/mol. The second-order valence-electron chi connectivity index (χ2n) is 4.36. The molecule has 1 atom stereocenters. The molecule has 1 aromatic carbocycles. The third kappa shape index (κ3) is 2.52. The highest BCUT2D eigenvalue weighted by atomic mass is 32.1. The molecule has 1 rings (SSSR count). The molecule has 14 heavy (non-hydrogen) atoms. The number of hydrogen-bond acceptors (Lipinski definition) is 1. The topological polar surface area (TPSA) is 0 Å². The molecular formula is C12H19PS. The maximum Gasteiger partial charge on any atom is 0.0110 e. The highest BCUT2D eigenvalue weighted by molar-refractivity contribution is 7.80. The Bertz CT molecular complexity index is 300. The average Bonchev–Trinajstić information content (AvgIpc) is 2.07. The van der Waals surface area contributed by atoms with E-state index < -0.39 is 0 Å². The molecule has 0 saturated heterocycles. The lowest BCUT2D eigenvalue weighted by atomic mass is 9.95. The molecule has 0 radical (unpaired) electrons. The summed E-state index contributed by atoms with van der Waals surface area (Å²) in [5, 5.41) is 1.26. The van der Waals surface area contributed by atoms with Crippen molar-refractivity contribution in [2.45, 2.75) is 44.4 Å². The van der Waals surface area contributed by atoms with Crippen LogP contribution in [0.1, 0.15) is 50.7 Å². The van der Waals surface area contributed by atoms with E-state index in [1.807, 2.05) is 0 Å². The lowest BCUT2D eigenvalue weighted by Crippen LogP contribution is -2.04. The number of thiol groups is 1. The van der Waals surface area contributed by atoms with Crippen molar-refractivity contribution in [3.8, 4) is 0 Å². The van der Waals surface area contributed by atoms with Gasteiger partial charge < -0.3 is 0 Å². The summed E-state index contributed by atoms with van der Waals surface area (Å²) in [5.74, 6) is 1.08. The summed E-state index contributed by atoms with van der Waals surface area (Å²) < 4.78 is 0. The van der Waals surface area contributed by atoms with Gasteiger partial charge in [0.1, 0.15) is 0 Å². The quantitative estimate of drug-likeness (QED) is 0.576. The smallest absolute Gasteiger partial charge is 0.0110 e. The van der Waals surface area contributed by atoms with Crippen LogP contribution >= 0.6 is 21.9 Å². The zero-order chi connectivity index (χ0) is 10.9. The molecule has 0 fully saturated rings. The van der Waals surface area contributed by atoms with Gasteiger partial charge in [-0.15, -0.1) is 21.9 Å². The Morgan fingerprint density at radius 1 is 1.00 bits per heavy atom. The van der Waals surface area contributed by atoms with Gasteiger partial charge >= 0.3 is 0 Å². The van der Waals surface area contributed by atoms with E-state index in [2.05, 4.69) is 61.7 Å². The minimum atomic E-state index is 0.542. The van der Waals surface area contributed by atoms with Gasteiger partial charge in [0.15, 0.2) is 0 Å². The number of benzene rings is 1. The predicted octanol–water partition coefficient (Wildman–Crippen LogP) is 3.72. The number of rotatable bonds is 2. The maximum absolute atomic E-state index is 4.63.